The van der Waals surface area contributed by atoms with Crippen LogP contribution < -0.4 is 15.4 Å². The Bertz CT molecular complexity index is 1020. The number of benzene rings is 2. The molecule has 3 atom stereocenters. The maximum Gasteiger partial charge on any atom is 0.251 e. The van der Waals surface area contributed by atoms with Crippen molar-refractivity contribution in [3.63, 3.8) is 0 Å². The number of hydrogen-bond acceptors (Lipinski definition) is 4. The van der Waals surface area contributed by atoms with Gasteiger partial charge in [-0.05, 0) is 61.9 Å². The highest BCUT2D eigenvalue weighted by atomic mass is 16.5. The van der Waals surface area contributed by atoms with Crippen molar-refractivity contribution in [1.29, 1.82) is 0 Å². The molecule has 7 heteroatoms. The van der Waals surface area contributed by atoms with Gasteiger partial charge in [0.1, 0.15) is 5.75 Å². The number of likely N-dealkylation sites (tertiary alicyclic amines) is 1. The highest BCUT2D eigenvalue weighted by Crippen LogP contribution is 2.23. The molecule has 1 saturated heterocycles. The first-order chi connectivity index (χ1) is 17.5. The molecule has 1 aliphatic heterocycles. The Balaban J connectivity index is 1.29. The molecule has 2 fully saturated rings. The molecule has 192 valence electrons. The van der Waals surface area contributed by atoms with Gasteiger partial charge in [-0.3, -0.25) is 14.4 Å². The summed E-state index contributed by atoms with van der Waals surface area (Å²) in [6, 6.07) is 16.8. The topological polar surface area (TPSA) is 87.7 Å². The zero-order valence-electron chi connectivity index (χ0n) is 21.1. The summed E-state index contributed by atoms with van der Waals surface area (Å²) in [5, 5.41) is 6.35. The van der Waals surface area contributed by atoms with Gasteiger partial charge in [0.05, 0.1) is 13.0 Å². The summed E-state index contributed by atoms with van der Waals surface area (Å²) in [6.07, 6.45) is 6.50. The third-order valence-electron chi connectivity index (χ3n) is 7.38. The normalized spacial score (nSPS) is 21.9. The van der Waals surface area contributed by atoms with Crippen LogP contribution in [0.3, 0.4) is 0 Å². The summed E-state index contributed by atoms with van der Waals surface area (Å²) in [6.45, 7) is 1.18. The maximum atomic E-state index is 13.2. The molecule has 1 saturated carbocycles. The zero-order chi connectivity index (χ0) is 25.3. The average Bonchev–Trinajstić information content (AvgIpc) is 2.93. The van der Waals surface area contributed by atoms with Crippen molar-refractivity contribution < 1.29 is 19.1 Å². The van der Waals surface area contributed by atoms with Crippen molar-refractivity contribution >= 4 is 17.7 Å². The summed E-state index contributed by atoms with van der Waals surface area (Å²) in [5.41, 5.74) is 1.72. The monoisotopic (exact) mass is 491 g/mol. The highest BCUT2D eigenvalue weighted by Gasteiger charge is 2.33. The van der Waals surface area contributed by atoms with E-state index in [1.807, 2.05) is 35.2 Å². The second-order valence-electron chi connectivity index (χ2n) is 9.87. The summed E-state index contributed by atoms with van der Waals surface area (Å²) in [5.74, 6) is 0.454. The SMILES string of the molecule is COc1ccc(C(=O)N[C@@H]2CCCCC2NC(=O)C2CCCN(C(=O)CCc3ccccc3)C2)cc1. The minimum absolute atomic E-state index is 0.00819. The number of amides is 3. The number of aryl methyl sites for hydroxylation is 1. The Labute approximate surface area is 213 Å². The Kier molecular flexibility index (Phi) is 8.98. The van der Waals surface area contributed by atoms with E-state index in [1.165, 1.54) is 0 Å². The largest absolute Gasteiger partial charge is 0.497 e. The summed E-state index contributed by atoms with van der Waals surface area (Å²) in [7, 11) is 1.59. The fraction of sp³-hybridized carbons (Fsp3) is 0.483. The minimum atomic E-state index is -0.209. The van der Waals surface area contributed by atoms with Gasteiger partial charge >= 0.3 is 0 Å². The van der Waals surface area contributed by atoms with E-state index in [9.17, 15) is 14.4 Å². The Hall–Kier alpha value is -3.35. The lowest BCUT2D eigenvalue weighted by Crippen LogP contribution is -2.55. The molecular weight excluding hydrogens is 454 g/mol. The fourth-order valence-corrected chi connectivity index (χ4v) is 5.24. The van der Waals surface area contributed by atoms with Crippen LogP contribution in [0.2, 0.25) is 0 Å². The van der Waals surface area contributed by atoms with E-state index < -0.39 is 0 Å². The molecule has 1 aliphatic carbocycles. The van der Waals surface area contributed by atoms with Gasteiger partial charge in [-0.15, -0.1) is 0 Å². The predicted octanol–water partition coefficient (Wildman–Crippen LogP) is 3.72. The first-order valence-electron chi connectivity index (χ1n) is 13.1. The Morgan fingerprint density at radius 1 is 0.889 bits per heavy atom. The van der Waals surface area contributed by atoms with Crippen LogP contribution in [0.4, 0.5) is 0 Å². The van der Waals surface area contributed by atoms with Gasteiger partial charge in [0.25, 0.3) is 5.91 Å². The van der Waals surface area contributed by atoms with E-state index in [0.29, 0.717) is 37.2 Å². The average molecular weight is 492 g/mol. The molecule has 2 N–H and O–H groups in total. The fourth-order valence-electron chi connectivity index (χ4n) is 5.24. The molecule has 1 heterocycles. The highest BCUT2D eigenvalue weighted by molar-refractivity contribution is 5.94. The number of nitrogens with one attached hydrogen (secondary N) is 2. The number of ether oxygens (including phenoxy) is 1. The standard InChI is InChI=1S/C29H37N3O4/c1-36-24-16-14-22(15-17-24)28(34)30-25-11-5-6-12-26(25)31-29(35)23-10-7-19-32(20-23)27(33)18-13-21-8-3-2-4-9-21/h2-4,8-9,14-17,23,25-26H,5-7,10-13,18-20H2,1H3,(H,30,34)(H,31,35)/t23?,25-,26?/m1/s1. The quantitative estimate of drug-likeness (QED) is 0.589. The van der Waals surface area contributed by atoms with E-state index in [2.05, 4.69) is 10.6 Å². The Morgan fingerprint density at radius 3 is 2.28 bits per heavy atom. The van der Waals surface area contributed by atoms with E-state index in [-0.39, 0.29) is 35.7 Å². The lowest BCUT2D eigenvalue weighted by Gasteiger charge is -2.36. The molecule has 2 aromatic rings. The van der Waals surface area contributed by atoms with Gasteiger partial charge in [0.15, 0.2) is 0 Å². The van der Waals surface area contributed by atoms with Crippen LogP contribution in [-0.4, -0.2) is 54.9 Å². The van der Waals surface area contributed by atoms with Crippen LogP contribution in [0.15, 0.2) is 54.6 Å². The second-order valence-corrected chi connectivity index (χ2v) is 9.87. The number of carbonyl (C=O) groups excluding carboxylic acids is 3. The Morgan fingerprint density at radius 2 is 1.58 bits per heavy atom. The first kappa shape index (κ1) is 25.7. The number of nitrogens with zero attached hydrogens (tertiary/aromatic N) is 1. The van der Waals surface area contributed by atoms with Gasteiger partial charge in [0, 0.05) is 37.2 Å². The lowest BCUT2D eigenvalue weighted by molar-refractivity contribution is -0.136. The van der Waals surface area contributed by atoms with Gasteiger partial charge < -0.3 is 20.3 Å². The van der Waals surface area contributed by atoms with Crippen molar-refractivity contribution in [3.8, 4) is 5.75 Å². The molecule has 0 spiro atoms. The number of piperidine rings is 1. The number of hydrogen-bond donors (Lipinski definition) is 2. The molecular formula is C29H37N3O4. The van der Waals surface area contributed by atoms with Crippen LogP contribution in [0.25, 0.3) is 0 Å². The molecule has 2 aromatic carbocycles. The van der Waals surface area contributed by atoms with Crippen molar-refractivity contribution in [2.24, 2.45) is 5.92 Å². The van der Waals surface area contributed by atoms with E-state index in [0.717, 1.165) is 44.1 Å². The summed E-state index contributed by atoms with van der Waals surface area (Å²) >= 11 is 0. The molecule has 0 aromatic heterocycles. The van der Waals surface area contributed by atoms with Gasteiger partial charge in [-0.2, -0.15) is 0 Å². The molecule has 0 radical (unpaired) electrons. The summed E-state index contributed by atoms with van der Waals surface area (Å²) in [4.78, 5) is 40.7. The molecule has 2 aliphatic rings. The smallest absolute Gasteiger partial charge is 0.251 e. The van der Waals surface area contributed by atoms with Crippen molar-refractivity contribution in [1.82, 2.24) is 15.5 Å². The molecule has 7 nitrogen and oxygen atoms in total. The van der Waals surface area contributed by atoms with Crippen LogP contribution in [0, 0.1) is 5.92 Å². The van der Waals surface area contributed by atoms with Gasteiger partial charge in [-0.25, -0.2) is 0 Å². The third kappa shape index (κ3) is 6.86. The number of carbonyl (C=O) groups is 3. The zero-order valence-corrected chi connectivity index (χ0v) is 21.1. The van der Waals surface area contributed by atoms with E-state index >= 15 is 0 Å². The van der Waals surface area contributed by atoms with Crippen molar-refractivity contribution in [3.05, 3.63) is 65.7 Å². The van der Waals surface area contributed by atoms with Gasteiger partial charge in [0.2, 0.25) is 11.8 Å². The van der Waals surface area contributed by atoms with Crippen LogP contribution in [0.1, 0.15) is 60.9 Å². The lowest BCUT2D eigenvalue weighted by atomic mass is 9.88. The van der Waals surface area contributed by atoms with Crippen molar-refractivity contribution in [2.75, 3.05) is 20.2 Å². The van der Waals surface area contributed by atoms with Crippen LogP contribution >= 0.6 is 0 Å². The number of rotatable bonds is 8. The van der Waals surface area contributed by atoms with E-state index in [4.69, 9.17) is 4.74 Å². The molecule has 4 rings (SSSR count). The summed E-state index contributed by atoms with van der Waals surface area (Å²) < 4.78 is 5.17. The molecule has 2 unspecified atom stereocenters. The first-order valence-corrected chi connectivity index (χ1v) is 13.1. The maximum absolute atomic E-state index is 13.2. The van der Waals surface area contributed by atoms with Crippen LogP contribution in [0.5, 0.6) is 5.75 Å². The number of methoxy groups -OCH3 is 1. The van der Waals surface area contributed by atoms with Crippen LogP contribution in [-0.2, 0) is 16.0 Å². The van der Waals surface area contributed by atoms with Crippen molar-refractivity contribution in [2.45, 2.75) is 63.5 Å². The second kappa shape index (κ2) is 12.6. The molecule has 36 heavy (non-hydrogen) atoms. The van der Waals surface area contributed by atoms with Gasteiger partial charge in [-0.1, -0.05) is 43.2 Å². The van der Waals surface area contributed by atoms with E-state index in [1.54, 1.807) is 31.4 Å². The predicted molar refractivity (Wildman–Crippen MR) is 139 cm³/mol. The molecule has 0 bridgehead atoms. The minimum Gasteiger partial charge on any atom is -0.497 e. The third-order valence-corrected chi connectivity index (χ3v) is 7.38. The molecule has 3 amide bonds.